The fourth-order valence-electron chi connectivity index (χ4n) is 4.29. The second-order valence-corrected chi connectivity index (χ2v) is 8.62. The number of hydrogen-bond donors (Lipinski definition) is 1. The number of rotatable bonds is 4. The number of aromatic nitrogens is 1. The Bertz CT molecular complexity index is 1200. The minimum Gasteiger partial charge on any atom is -0.441 e. The summed E-state index contributed by atoms with van der Waals surface area (Å²) in [5.74, 6) is 0.997. The lowest BCUT2D eigenvalue weighted by Gasteiger charge is -2.33. The predicted molar refractivity (Wildman–Crippen MR) is 113 cm³/mol. The quantitative estimate of drug-likeness (QED) is 0.447. The monoisotopic (exact) mass is 484 g/mol. The topological polar surface area (TPSA) is 49.5 Å². The van der Waals surface area contributed by atoms with E-state index in [2.05, 4.69) is 4.98 Å². The molecule has 0 spiro atoms. The highest BCUT2D eigenvalue weighted by molar-refractivity contribution is 5.62. The Balaban J connectivity index is 1.66. The predicted octanol–water partition coefficient (Wildman–Crippen LogP) is 6.22. The molecule has 0 radical (unpaired) electrons. The van der Waals surface area contributed by atoms with Gasteiger partial charge in [0.05, 0.1) is 6.54 Å². The van der Waals surface area contributed by atoms with E-state index in [0.29, 0.717) is 29.1 Å². The first kappa shape index (κ1) is 24.1. The largest absolute Gasteiger partial charge is 0.441 e. The number of anilines is 1. The lowest BCUT2D eigenvalue weighted by atomic mass is 9.90. The van der Waals surface area contributed by atoms with Crippen molar-refractivity contribution in [1.82, 2.24) is 4.98 Å². The normalized spacial score (nSPS) is 16.8. The first-order valence-corrected chi connectivity index (χ1v) is 10.5. The Morgan fingerprint density at radius 3 is 2.32 bits per heavy atom. The molecular weight excluding hydrogens is 462 g/mol. The summed E-state index contributed by atoms with van der Waals surface area (Å²) >= 11 is 0. The Labute approximate surface area is 191 Å². The van der Waals surface area contributed by atoms with Crippen LogP contribution >= 0.6 is 0 Å². The molecule has 3 aromatic rings. The molecular formula is C24H22F6N2O2. The molecule has 1 N–H and O–H groups in total. The van der Waals surface area contributed by atoms with Crippen LogP contribution in [0.4, 0.5) is 32.0 Å². The number of benzene rings is 2. The van der Waals surface area contributed by atoms with Gasteiger partial charge in [0.25, 0.3) is 5.60 Å². The molecule has 0 saturated carbocycles. The average Bonchev–Trinajstić information content (AvgIpc) is 3.25. The second-order valence-electron chi connectivity index (χ2n) is 8.62. The summed E-state index contributed by atoms with van der Waals surface area (Å²) in [6, 6.07) is 10.0. The molecule has 1 aliphatic rings. The van der Waals surface area contributed by atoms with E-state index >= 15 is 0 Å². The number of fused-ring (bicyclic) bond motifs is 1. The van der Waals surface area contributed by atoms with Crippen LogP contribution in [-0.4, -0.2) is 28.5 Å². The molecule has 0 fully saturated rings. The zero-order valence-electron chi connectivity index (χ0n) is 18.6. The Kier molecular flexibility index (Phi) is 5.70. The molecule has 0 amide bonds. The molecule has 2 aromatic carbocycles. The van der Waals surface area contributed by atoms with Crippen LogP contribution in [0.5, 0.6) is 0 Å². The van der Waals surface area contributed by atoms with Crippen LogP contribution in [0.15, 0.2) is 46.9 Å². The summed E-state index contributed by atoms with van der Waals surface area (Å²) < 4.78 is 85.6. The molecule has 182 valence electrons. The van der Waals surface area contributed by atoms with Crippen LogP contribution in [0.1, 0.15) is 35.1 Å². The van der Waals surface area contributed by atoms with Gasteiger partial charge in [-0.2, -0.15) is 26.3 Å². The molecule has 1 atom stereocenters. The third-order valence-corrected chi connectivity index (χ3v) is 6.15. The zero-order chi connectivity index (χ0) is 25.1. The van der Waals surface area contributed by atoms with E-state index in [1.165, 1.54) is 6.07 Å². The van der Waals surface area contributed by atoms with E-state index in [9.17, 15) is 31.4 Å². The van der Waals surface area contributed by atoms with Gasteiger partial charge in [-0.3, -0.25) is 0 Å². The number of hydrogen-bond acceptors (Lipinski definition) is 4. The summed E-state index contributed by atoms with van der Waals surface area (Å²) in [6.45, 7) is 5.77. The third kappa shape index (κ3) is 3.93. The van der Waals surface area contributed by atoms with Crippen molar-refractivity contribution in [2.45, 2.75) is 57.7 Å². The highest BCUT2D eigenvalue weighted by Crippen LogP contribution is 2.51. The maximum Gasteiger partial charge on any atom is 0.430 e. The van der Waals surface area contributed by atoms with Crippen LogP contribution in [0.3, 0.4) is 0 Å². The summed E-state index contributed by atoms with van der Waals surface area (Å²) in [4.78, 5) is 6.42. The molecule has 1 unspecified atom stereocenters. The van der Waals surface area contributed by atoms with Crippen molar-refractivity contribution in [1.29, 1.82) is 0 Å². The highest BCUT2D eigenvalue weighted by Gasteiger charge is 2.71. The number of halogens is 6. The standard InChI is InChI=1S/C24H22F6N2O2/c1-13-5-4-6-16(9-13)21-31-19(15(3)34-21)12-32-14(2)10-17-11-18(7-8-20(17)32)22(33,23(25,26)27)24(28,29)30/h4-9,11,14,33H,10,12H2,1-3H3. The molecule has 4 rings (SSSR count). The molecule has 0 aliphatic carbocycles. The Morgan fingerprint density at radius 2 is 1.71 bits per heavy atom. The fourth-order valence-corrected chi connectivity index (χ4v) is 4.29. The van der Waals surface area contributed by atoms with Crippen molar-refractivity contribution in [3.8, 4) is 11.5 Å². The van der Waals surface area contributed by atoms with E-state index in [4.69, 9.17) is 4.42 Å². The van der Waals surface area contributed by atoms with Gasteiger partial charge in [0.1, 0.15) is 11.5 Å². The number of nitrogens with zero attached hydrogens (tertiary/aromatic N) is 2. The second kappa shape index (κ2) is 8.04. The van der Waals surface area contributed by atoms with Gasteiger partial charge >= 0.3 is 12.4 Å². The fraction of sp³-hybridized carbons (Fsp3) is 0.375. The Morgan fingerprint density at radius 1 is 1.03 bits per heavy atom. The van der Waals surface area contributed by atoms with Crippen LogP contribution in [-0.2, 0) is 18.6 Å². The van der Waals surface area contributed by atoms with Crippen molar-refractivity contribution in [3.63, 3.8) is 0 Å². The van der Waals surface area contributed by atoms with Crippen molar-refractivity contribution >= 4 is 5.69 Å². The van der Waals surface area contributed by atoms with Crippen molar-refractivity contribution in [2.24, 2.45) is 0 Å². The van der Waals surface area contributed by atoms with Crippen LogP contribution in [0.25, 0.3) is 11.5 Å². The van der Waals surface area contributed by atoms with E-state index in [-0.39, 0.29) is 24.6 Å². The molecule has 10 heteroatoms. The lowest BCUT2D eigenvalue weighted by Crippen LogP contribution is -2.53. The zero-order valence-corrected chi connectivity index (χ0v) is 18.6. The van der Waals surface area contributed by atoms with Gasteiger partial charge in [0.15, 0.2) is 0 Å². The first-order chi connectivity index (χ1) is 15.7. The van der Waals surface area contributed by atoms with Gasteiger partial charge in [0, 0.05) is 22.9 Å². The summed E-state index contributed by atoms with van der Waals surface area (Å²) in [5.41, 5.74) is -2.98. The van der Waals surface area contributed by atoms with E-state index in [1.807, 2.05) is 43.0 Å². The van der Waals surface area contributed by atoms with Crippen molar-refractivity contribution < 1.29 is 35.9 Å². The van der Waals surface area contributed by atoms with Gasteiger partial charge in [-0.15, -0.1) is 0 Å². The first-order valence-electron chi connectivity index (χ1n) is 10.5. The number of oxazole rings is 1. The molecule has 1 aromatic heterocycles. The number of aryl methyl sites for hydroxylation is 2. The van der Waals surface area contributed by atoms with Crippen molar-refractivity contribution in [2.75, 3.05) is 4.90 Å². The van der Waals surface area contributed by atoms with E-state index in [0.717, 1.165) is 17.2 Å². The maximum absolute atomic E-state index is 13.3. The molecule has 0 saturated heterocycles. The number of alkyl halides is 6. The van der Waals surface area contributed by atoms with Crippen LogP contribution in [0, 0.1) is 13.8 Å². The number of aliphatic hydroxyl groups is 1. The summed E-state index contributed by atoms with van der Waals surface area (Å²) in [5, 5.41) is 9.73. The third-order valence-electron chi connectivity index (χ3n) is 6.15. The van der Waals surface area contributed by atoms with Gasteiger partial charge < -0.3 is 14.4 Å². The average molecular weight is 484 g/mol. The molecule has 34 heavy (non-hydrogen) atoms. The van der Waals surface area contributed by atoms with Gasteiger partial charge in [-0.1, -0.05) is 29.8 Å². The van der Waals surface area contributed by atoms with Crippen LogP contribution < -0.4 is 4.90 Å². The smallest absolute Gasteiger partial charge is 0.430 e. The molecule has 4 nitrogen and oxygen atoms in total. The molecule has 1 aliphatic heterocycles. The molecule has 2 heterocycles. The highest BCUT2D eigenvalue weighted by atomic mass is 19.4. The minimum atomic E-state index is -5.92. The lowest BCUT2D eigenvalue weighted by molar-refractivity contribution is -0.376. The summed E-state index contributed by atoms with van der Waals surface area (Å²) in [6.07, 6.45) is -11.6. The van der Waals surface area contributed by atoms with Crippen molar-refractivity contribution in [3.05, 3.63) is 70.6 Å². The molecule has 0 bridgehead atoms. The SMILES string of the molecule is Cc1cccc(-c2nc(CN3c4ccc(C(O)(C(F)(F)F)C(F)(F)F)cc4CC3C)c(C)o2)c1. The Hall–Kier alpha value is -3.01. The van der Waals surface area contributed by atoms with Gasteiger partial charge in [-0.25, -0.2) is 4.98 Å². The minimum absolute atomic E-state index is 0.214. The van der Waals surface area contributed by atoms with E-state index in [1.54, 1.807) is 6.92 Å². The van der Waals surface area contributed by atoms with Crippen LogP contribution in [0.2, 0.25) is 0 Å². The van der Waals surface area contributed by atoms with Gasteiger partial charge in [0.2, 0.25) is 5.89 Å². The maximum atomic E-state index is 13.3. The van der Waals surface area contributed by atoms with Gasteiger partial charge in [-0.05, 0) is 51.0 Å². The summed E-state index contributed by atoms with van der Waals surface area (Å²) in [7, 11) is 0. The van der Waals surface area contributed by atoms with E-state index < -0.39 is 23.5 Å².